The van der Waals surface area contributed by atoms with Crippen LogP contribution in [0.1, 0.15) is 63.1 Å². The van der Waals surface area contributed by atoms with Crippen LogP contribution < -0.4 is 4.90 Å². The van der Waals surface area contributed by atoms with Crippen LogP contribution in [0.4, 0.5) is 5.69 Å². The van der Waals surface area contributed by atoms with E-state index >= 15 is 0 Å². The Hall–Kier alpha value is -2.55. The van der Waals surface area contributed by atoms with E-state index < -0.39 is 0 Å². The van der Waals surface area contributed by atoms with Crippen LogP contribution in [0, 0.1) is 11.3 Å². The first-order chi connectivity index (χ1) is 14.4. The van der Waals surface area contributed by atoms with E-state index in [0.29, 0.717) is 5.75 Å². The molecule has 0 amide bonds. The van der Waals surface area contributed by atoms with Crippen molar-refractivity contribution in [1.82, 2.24) is 0 Å². The Morgan fingerprint density at radius 2 is 1.70 bits per heavy atom. The van der Waals surface area contributed by atoms with E-state index in [1.807, 2.05) is 12.1 Å². The molecule has 2 aromatic carbocycles. The van der Waals surface area contributed by atoms with Gasteiger partial charge in [0.2, 0.25) is 0 Å². The minimum absolute atomic E-state index is 0.0875. The molecule has 1 N–H and O–H groups in total. The summed E-state index contributed by atoms with van der Waals surface area (Å²) in [6.45, 7) is 8.81. The standard InChI is InChI=1S/C27H33NO2/c1-27(2,3)25-6-4-5-21-17-23(30)11-12-24(21)26(25)20-7-9-22(10-8-20)28-15-13-19(18-29)14-16-28/h7-12,17-19,30H,4-6,13-16H2,1-3H3. The van der Waals surface area contributed by atoms with Crippen LogP contribution in [0.2, 0.25) is 0 Å². The number of hydrogen-bond donors (Lipinski definition) is 1. The molecule has 0 spiro atoms. The zero-order chi connectivity index (χ0) is 21.3. The number of fused-ring (bicyclic) bond motifs is 1. The highest BCUT2D eigenvalue weighted by molar-refractivity contribution is 5.85. The van der Waals surface area contributed by atoms with Crippen LogP contribution in [0.3, 0.4) is 0 Å². The molecule has 1 saturated heterocycles. The second kappa shape index (κ2) is 8.29. The molecule has 30 heavy (non-hydrogen) atoms. The molecule has 4 rings (SSSR count). The number of phenolic OH excluding ortho intramolecular Hbond substituents is 1. The summed E-state index contributed by atoms with van der Waals surface area (Å²) in [5, 5.41) is 10.0. The smallest absolute Gasteiger partial charge is 0.123 e. The third-order valence-electron chi connectivity index (χ3n) is 6.69. The number of benzene rings is 2. The molecule has 2 aliphatic rings. The van der Waals surface area contributed by atoms with E-state index in [1.54, 1.807) is 0 Å². The van der Waals surface area contributed by atoms with Crippen LogP contribution in [-0.4, -0.2) is 24.5 Å². The average Bonchev–Trinajstić information content (AvgIpc) is 2.93. The Morgan fingerprint density at radius 1 is 1.00 bits per heavy atom. The summed E-state index contributed by atoms with van der Waals surface area (Å²) in [4.78, 5) is 13.4. The van der Waals surface area contributed by atoms with Gasteiger partial charge in [0.1, 0.15) is 12.0 Å². The summed E-state index contributed by atoms with van der Waals surface area (Å²) in [7, 11) is 0. The monoisotopic (exact) mass is 403 g/mol. The molecule has 1 aliphatic heterocycles. The summed E-state index contributed by atoms with van der Waals surface area (Å²) >= 11 is 0. The predicted octanol–water partition coefficient (Wildman–Crippen LogP) is 5.99. The number of anilines is 1. The van der Waals surface area contributed by atoms with Crippen molar-refractivity contribution in [2.75, 3.05) is 18.0 Å². The van der Waals surface area contributed by atoms with Gasteiger partial charge in [0.05, 0.1) is 0 Å². The molecule has 1 aliphatic carbocycles. The van der Waals surface area contributed by atoms with Gasteiger partial charge < -0.3 is 14.8 Å². The van der Waals surface area contributed by atoms with Crippen molar-refractivity contribution in [3.8, 4) is 5.75 Å². The molecule has 0 atom stereocenters. The number of phenols is 1. The Bertz CT molecular complexity index is 942. The number of aromatic hydroxyl groups is 1. The van der Waals surface area contributed by atoms with Crippen LogP contribution >= 0.6 is 0 Å². The highest BCUT2D eigenvalue weighted by atomic mass is 16.3. The highest BCUT2D eigenvalue weighted by Gasteiger charge is 2.27. The second-order valence-corrected chi connectivity index (χ2v) is 9.81. The molecule has 0 saturated carbocycles. The average molecular weight is 404 g/mol. The zero-order valence-corrected chi connectivity index (χ0v) is 18.4. The van der Waals surface area contributed by atoms with Crippen molar-refractivity contribution < 1.29 is 9.90 Å². The van der Waals surface area contributed by atoms with Crippen LogP contribution in [-0.2, 0) is 11.2 Å². The predicted molar refractivity (Wildman–Crippen MR) is 124 cm³/mol. The molecular weight excluding hydrogens is 370 g/mol. The lowest BCUT2D eigenvalue weighted by Crippen LogP contribution is -2.34. The molecule has 0 bridgehead atoms. The van der Waals surface area contributed by atoms with Crippen molar-refractivity contribution in [2.24, 2.45) is 11.3 Å². The van der Waals surface area contributed by atoms with E-state index in [4.69, 9.17) is 0 Å². The van der Waals surface area contributed by atoms with E-state index in [9.17, 15) is 9.90 Å². The number of allylic oxidation sites excluding steroid dienone is 1. The van der Waals surface area contributed by atoms with Gasteiger partial charge >= 0.3 is 0 Å². The van der Waals surface area contributed by atoms with Gasteiger partial charge in [-0.3, -0.25) is 0 Å². The number of rotatable bonds is 3. The maximum Gasteiger partial charge on any atom is 0.123 e. The van der Waals surface area contributed by atoms with Gasteiger partial charge in [-0.05, 0) is 84.0 Å². The number of piperidine rings is 1. The molecule has 1 heterocycles. The van der Waals surface area contributed by atoms with Crippen LogP contribution in [0.15, 0.2) is 48.0 Å². The minimum atomic E-state index is 0.0875. The van der Waals surface area contributed by atoms with Crippen molar-refractivity contribution in [2.45, 2.75) is 52.9 Å². The SMILES string of the molecule is CC(C)(C)C1=C(c2ccc(N3CCC(C=O)CC3)cc2)c2ccc(O)cc2CCC1. The molecule has 0 unspecified atom stereocenters. The summed E-state index contributed by atoms with van der Waals surface area (Å²) in [5.74, 6) is 0.570. The van der Waals surface area contributed by atoms with Gasteiger partial charge in [-0.15, -0.1) is 0 Å². The van der Waals surface area contributed by atoms with E-state index in [0.717, 1.165) is 51.5 Å². The Kier molecular flexibility index (Phi) is 5.73. The molecule has 3 heteroatoms. The van der Waals surface area contributed by atoms with Gasteiger partial charge in [-0.1, -0.05) is 44.5 Å². The van der Waals surface area contributed by atoms with Crippen molar-refractivity contribution in [3.63, 3.8) is 0 Å². The quantitative estimate of drug-likeness (QED) is 0.640. The fraction of sp³-hybridized carbons (Fsp3) is 0.444. The normalized spacial score (nSPS) is 18.2. The first kappa shape index (κ1) is 20.7. The number of carbonyl (C=O) groups excluding carboxylic acids is 1. The van der Waals surface area contributed by atoms with Crippen molar-refractivity contribution in [1.29, 1.82) is 0 Å². The Morgan fingerprint density at radius 3 is 2.33 bits per heavy atom. The van der Waals surface area contributed by atoms with Crippen molar-refractivity contribution >= 4 is 17.5 Å². The zero-order valence-electron chi connectivity index (χ0n) is 18.4. The maximum atomic E-state index is 11.0. The van der Waals surface area contributed by atoms with E-state index in [2.05, 4.69) is 56.0 Å². The third-order valence-corrected chi connectivity index (χ3v) is 6.69. The maximum absolute atomic E-state index is 11.0. The number of aldehydes is 1. The molecule has 3 nitrogen and oxygen atoms in total. The number of aryl methyl sites for hydroxylation is 1. The van der Waals surface area contributed by atoms with E-state index in [1.165, 1.54) is 33.5 Å². The number of hydrogen-bond acceptors (Lipinski definition) is 3. The molecule has 1 fully saturated rings. The Balaban J connectivity index is 1.73. The fourth-order valence-electron chi connectivity index (χ4n) is 4.99. The topological polar surface area (TPSA) is 40.5 Å². The summed E-state index contributed by atoms with van der Waals surface area (Å²) in [6.07, 6.45) is 6.19. The highest BCUT2D eigenvalue weighted by Crippen LogP contribution is 2.43. The molecule has 2 aromatic rings. The summed E-state index contributed by atoms with van der Waals surface area (Å²) in [5.41, 5.74) is 7.90. The lowest BCUT2D eigenvalue weighted by molar-refractivity contribution is -0.111. The third kappa shape index (κ3) is 4.16. The van der Waals surface area contributed by atoms with Gasteiger partial charge in [0.15, 0.2) is 0 Å². The van der Waals surface area contributed by atoms with Gasteiger partial charge in [-0.25, -0.2) is 0 Å². The number of nitrogens with zero attached hydrogens (tertiary/aromatic N) is 1. The van der Waals surface area contributed by atoms with Gasteiger partial charge in [-0.2, -0.15) is 0 Å². The van der Waals surface area contributed by atoms with Crippen molar-refractivity contribution in [3.05, 3.63) is 64.7 Å². The van der Waals surface area contributed by atoms with Gasteiger partial charge in [0.25, 0.3) is 0 Å². The largest absolute Gasteiger partial charge is 0.508 e. The first-order valence-corrected chi connectivity index (χ1v) is 11.2. The van der Waals surface area contributed by atoms with E-state index in [-0.39, 0.29) is 11.3 Å². The van der Waals surface area contributed by atoms with Crippen LogP contribution in [0.25, 0.3) is 5.57 Å². The van der Waals surface area contributed by atoms with Gasteiger partial charge in [0, 0.05) is 24.7 Å². The fourth-order valence-corrected chi connectivity index (χ4v) is 4.99. The summed E-state index contributed by atoms with van der Waals surface area (Å²) < 4.78 is 0. The Labute approximate surface area is 180 Å². The molecule has 158 valence electrons. The first-order valence-electron chi connectivity index (χ1n) is 11.2. The lowest BCUT2D eigenvalue weighted by atomic mass is 9.78. The molecule has 0 aromatic heterocycles. The molecule has 0 radical (unpaired) electrons. The minimum Gasteiger partial charge on any atom is -0.508 e. The summed E-state index contributed by atoms with van der Waals surface area (Å²) in [6, 6.07) is 14.8. The number of carbonyl (C=O) groups is 1. The second-order valence-electron chi connectivity index (χ2n) is 9.81. The van der Waals surface area contributed by atoms with Crippen LogP contribution in [0.5, 0.6) is 5.75 Å². The lowest BCUT2D eigenvalue weighted by Gasteiger charge is -2.32. The molecular formula is C27H33NO2.